The van der Waals surface area contributed by atoms with Crippen molar-refractivity contribution in [3.63, 3.8) is 0 Å². The van der Waals surface area contributed by atoms with E-state index in [0.29, 0.717) is 11.3 Å². The molecule has 2 amide bonds. The number of nitrogens with one attached hydrogen (secondary N) is 3. The van der Waals surface area contributed by atoms with Gasteiger partial charge >= 0.3 is 0 Å². The zero-order valence-corrected chi connectivity index (χ0v) is 18.3. The van der Waals surface area contributed by atoms with E-state index >= 15 is 0 Å². The van der Waals surface area contributed by atoms with Crippen molar-refractivity contribution in [3.8, 4) is 0 Å². The largest absolute Gasteiger partial charge is 0.346 e. The van der Waals surface area contributed by atoms with Crippen LogP contribution >= 0.6 is 12.2 Å². The van der Waals surface area contributed by atoms with Crippen molar-refractivity contribution in [2.75, 3.05) is 5.32 Å². The fourth-order valence-electron chi connectivity index (χ4n) is 3.16. The predicted octanol–water partition coefficient (Wildman–Crippen LogP) is 4.54. The number of carbonyl (C=O) groups is 2. The van der Waals surface area contributed by atoms with Crippen molar-refractivity contribution in [3.05, 3.63) is 101 Å². The molecule has 0 heterocycles. The third-order valence-corrected chi connectivity index (χ3v) is 5.10. The van der Waals surface area contributed by atoms with E-state index in [4.69, 9.17) is 12.2 Å². The van der Waals surface area contributed by atoms with Crippen LogP contribution < -0.4 is 16.0 Å². The summed E-state index contributed by atoms with van der Waals surface area (Å²) in [5.74, 6) is -0.383. The lowest BCUT2D eigenvalue weighted by Gasteiger charge is -2.15. The van der Waals surface area contributed by atoms with Crippen LogP contribution in [-0.4, -0.2) is 16.9 Å². The molecule has 31 heavy (non-hydrogen) atoms. The molecular weight excluding hydrogens is 406 g/mol. The highest BCUT2D eigenvalue weighted by atomic mass is 32.1. The molecule has 158 valence electrons. The minimum atomic E-state index is -0.197. The molecule has 0 radical (unpaired) electrons. The van der Waals surface area contributed by atoms with Crippen molar-refractivity contribution >= 4 is 34.8 Å². The lowest BCUT2D eigenvalue weighted by Crippen LogP contribution is -2.35. The van der Waals surface area contributed by atoms with E-state index in [-0.39, 0.29) is 29.4 Å². The van der Waals surface area contributed by atoms with Crippen molar-refractivity contribution in [2.45, 2.75) is 26.3 Å². The molecule has 0 bridgehead atoms. The van der Waals surface area contributed by atoms with Crippen LogP contribution in [-0.2, 0) is 11.2 Å². The maximum atomic E-state index is 12.6. The standard InChI is InChI=1S/C25H25N3O2S/c1-17-9-6-7-12-20(17)16-23(29)28-25(31)27-22-14-8-13-21(15-22)24(30)26-18(2)19-10-4-3-5-11-19/h3-15,18H,16H2,1-2H3,(H,26,30)(H2,27,28,29,31). The molecule has 1 unspecified atom stereocenters. The Hall–Kier alpha value is -3.51. The van der Waals surface area contributed by atoms with E-state index in [9.17, 15) is 9.59 Å². The van der Waals surface area contributed by atoms with Crippen molar-refractivity contribution in [2.24, 2.45) is 0 Å². The molecule has 5 nitrogen and oxygen atoms in total. The first-order chi connectivity index (χ1) is 14.9. The van der Waals surface area contributed by atoms with Gasteiger partial charge in [0.15, 0.2) is 5.11 Å². The second-order valence-corrected chi connectivity index (χ2v) is 7.70. The number of hydrogen-bond donors (Lipinski definition) is 3. The Kier molecular flexibility index (Phi) is 7.51. The lowest BCUT2D eigenvalue weighted by atomic mass is 10.1. The topological polar surface area (TPSA) is 70.2 Å². The van der Waals surface area contributed by atoms with Crippen molar-refractivity contribution in [1.29, 1.82) is 0 Å². The maximum Gasteiger partial charge on any atom is 0.251 e. The Morgan fingerprint density at radius 3 is 2.39 bits per heavy atom. The molecule has 0 saturated carbocycles. The van der Waals surface area contributed by atoms with E-state index in [1.807, 2.05) is 68.4 Å². The molecule has 3 aromatic rings. The summed E-state index contributed by atoms with van der Waals surface area (Å²) in [5.41, 5.74) is 4.17. The summed E-state index contributed by atoms with van der Waals surface area (Å²) in [4.78, 5) is 24.9. The minimum absolute atomic E-state index is 0.118. The Morgan fingerprint density at radius 1 is 0.935 bits per heavy atom. The summed E-state index contributed by atoms with van der Waals surface area (Å²) in [6.07, 6.45) is 0.244. The zero-order chi connectivity index (χ0) is 22.2. The summed E-state index contributed by atoms with van der Waals surface area (Å²) in [6, 6.07) is 24.4. The molecule has 0 saturated heterocycles. The molecule has 6 heteroatoms. The SMILES string of the molecule is Cc1ccccc1CC(=O)NC(=S)Nc1cccc(C(=O)NC(C)c2ccccc2)c1. The van der Waals surface area contributed by atoms with Crippen LogP contribution in [0.2, 0.25) is 0 Å². The van der Waals surface area contributed by atoms with E-state index in [0.717, 1.165) is 16.7 Å². The van der Waals surface area contributed by atoms with Crippen molar-refractivity contribution in [1.82, 2.24) is 10.6 Å². The maximum absolute atomic E-state index is 12.6. The first-order valence-electron chi connectivity index (χ1n) is 10.0. The Morgan fingerprint density at radius 2 is 1.65 bits per heavy atom. The third kappa shape index (κ3) is 6.49. The van der Waals surface area contributed by atoms with Gasteiger partial charge < -0.3 is 16.0 Å². The molecule has 1 atom stereocenters. The smallest absolute Gasteiger partial charge is 0.251 e. The number of carbonyl (C=O) groups excluding carboxylic acids is 2. The van der Waals surface area contributed by atoms with E-state index < -0.39 is 0 Å². The number of hydrogen-bond acceptors (Lipinski definition) is 3. The summed E-state index contributed by atoms with van der Waals surface area (Å²) < 4.78 is 0. The van der Waals surface area contributed by atoms with Crippen LogP contribution in [0.25, 0.3) is 0 Å². The molecule has 0 aliphatic carbocycles. The second-order valence-electron chi connectivity index (χ2n) is 7.29. The van der Waals surface area contributed by atoms with Crippen LogP contribution in [0.15, 0.2) is 78.9 Å². The lowest BCUT2D eigenvalue weighted by molar-refractivity contribution is -0.119. The summed E-state index contributed by atoms with van der Waals surface area (Å²) in [5, 5.41) is 8.84. The molecule has 3 aromatic carbocycles. The minimum Gasteiger partial charge on any atom is -0.346 e. The average molecular weight is 432 g/mol. The predicted molar refractivity (Wildman–Crippen MR) is 128 cm³/mol. The number of amides is 2. The Labute approximate surface area is 187 Å². The number of anilines is 1. The number of benzene rings is 3. The Balaban J connectivity index is 1.57. The van der Waals surface area contributed by atoms with Gasteiger partial charge in [-0.15, -0.1) is 0 Å². The van der Waals surface area contributed by atoms with Gasteiger partial charge in [0.25, 0.3) is 5.91 Å². The molecule has 0 aliphatic rings. The highest BCUT2D eigenvalue weighted by Gasteiger charge is 2.12. The monoisotopic (exact) mass is 431 g/mol. The van der Waals surface area contributed by atoms with Crippen LogP contribution in [0.1, 0.15) is 40.0 Å². The fourth-order valence-corrected chi connectivity index (χ4v) is 3.39. The highest BCUT2D eigenvalue weighted by Crippen LogP contribution is 2.15. The van der Waals surface area contributed by atoms with E-state index in [2.05, 4.69) is 16.0 Å². The molecule has 0 aromatic heterocycles. The van der Waals surface area contributed by atoms with Gasteiger partial charge in [-0.25, -0.2) is 0 Å². The quantitative estimate of drug-likeness (QED) is 0.501. The van der Waals surface area contributed by atoms with E-state index in [1.54, 1.807) is 24.3 Å². The zero-order valence-electron chi connectivity index (χ0n) is 17.5. The summed E-state index contributed by atoms with van der Waals surface area (Å²) in [7, 11) is 0. The first kappa shape index (κ1) is 22.2. The van der Waals surface area contributed by atoms with Gasteiger partial charge in [0.05, 0.1) is 12.5 Å². The molecule has 0 aliphatic heterocycles. The molecule has 3 rings (SSSR count). The van der Waals surface area contributed by atoms with Crippen LogP contribution in [0.4, 0.5) is 5.69 Å². The number of thiocarbonyl (C=S) groups is 1. The van der Waals surface area contributed by atoms with Crippen LogP contribution in [0, 0.1) is 6.92 Å². The van der Waals surface area contributed by atoms with Crippen molar-refractivity contribution < 1.29 is 9.59 Å². The highest BCUT2D eigenvalue weighted by molar-refractivity contribution is 7.80. The molecular formula is C25H25N3O2S. The normalized spacial score (nSPS) is 11.3. The fraction of sp³-hybridized carbons (Fsp3) is 0.160. The number of aryl methyl sites for hydroxylation is 1. The van der Waals surface area contributed by atoms with Gasteiger partial charge in [-0.2, -0.15) is 0 Å². The second kappa shape index (κ2) is 10.5. The summed E-state index contributed by atoms with van der Waals surface area (Å²) in [6.45, 7) is 3.91. The Bertz CT molecular complexity index is 1080. The number of rotatable bonds is 6. The van der Waals surface area contributed by atoms with Gasteiger partial charge in [-0.1, -0.05) is 60.7 Å². The van der Waals surface area contributed by atoms with Gasteiger partial charge in [0, 0.05) is 11.3 Å². The third-order valence-electron chi connectivity index (χ3n) is 4.90. The van der Waals surface area contributed by atoms with Gasteiger partial charge in [-0.05, 0) is 61.0 Å². The van der Waals surface area contributed by atoms with Gasteiger partial charge in [-0.3, -0.25) is 9.59 Å². The molecule has 3 N–H and O–H groups in total. The first-order valence-corrected chi connectivity index (χ1v) is 10.4. The van der Waals surface area contributed by atoms with Crippen LogP contribution in [0.3, 0.4) is 0 Å². The van der Waals surface area contributed by atoms with Gasteiger partial charge in [0.2, 0.25) is 5.91 Å². The average Bonchev–Trinajstić information content (AvgIpc) is 2.76. The molecule has 0 spiro atoms. The van der Waals surface area contributed by atoms with Gasteiger partial charge in [0.1, 0.15) is 0 Å². The van der Waals surface area contributed by atoms with E-state index in [1.165, 1.54) is 0 Å². The van der Waals surface area contributed by atoms with Crippen LogP contribution in [0.5, 0.6) is 0 Å². The summed E-state index contributed by atoms with van der Waals surface area (Å²) >= 11 is 5.26. The molecule has 0 fully saturated rings.